The Morgan fingerprint density at radius 2 is 1.61 bits per heavy atom. The molecule has 1 aliphatic carbocycles. The van der Waals surface area contributed by atoms with Crippen LogP contribution in [0.25, 0.3) is 0 Å². The topological polar surface area (TPSA) is 83.1 Å². The molecular formula is C39H59N3O4. The van der Waals surface area contributed by atoms with E-state index in [2.05, 4.69) is 59.7 Å². The Labute approximate surface area is 278 Å². The molecule has 0 spiro atoms. The monoisotopic (exact) mass is 633 g/mol. The number of carbonyl (C=O) groups is 1. The van der Waals surface area contributed by atoms with Crippen molar-refractivity contribution in [2.24, 2.45) is 5.92 Å². The Hall–Kier alpha value is -3.39. The van der Waals surface area contributed by atoms with Crippen molar-refractivity contribution in [1.82, 2.24) is 10.2 Å². The van der Waals surface area contributed by atoms with Crippen LogP contribution >= 0.6 is 0 Å². The maximum absolute atomic E-state index is 11.3. The van der Waals surface area contributed by atoms with E-state index in [4.69, 9.17) is 14.6 Å². The normalized spacial score (nSPS) is 14.7. The molecule has 0 aromatic heterocycles. The lowest BCUT2D eigenvalue weighted by Gasteiger charge is -2.31. The Balaban J connectivity index is 0.000000315. The van der Waals surface area contributed by atoms with Crippen molar-refractivity contribution < 1.29 is 19.4 Å². The molecule has 3 aromatic carbocycles. The number of ketones is 1. The summed E-state index contributed by atoms with van der Waals surface area (Å²) in [6.45, 7) is 14.4. The van der Waals surface area contributed by atoms with Crippen molar-refractivity contribution in [2.75, 3.05) is 46.3 Å². The number of aliphatic hydroxyl groups excluding tert-OH is 1. The van der Waals surface area contributed by atoms with E-state index in [1.807, 2.05) is 50.2 Å². The zero-order valence-corrected chi connectivity index (χ0v) is 29.6. The molecule has 254 valence electrons. The van der Waals surface area contributed by atoms with Crippen LogP contribution < -0.4 is 20.1 Å². The predicted molar refractivity (Wildman–Crippen MR) is 193 cm³/mol. The van der Waals surface area contributed by atoms with E-state index >= 15 is 0 Å². The SMILES string of the molecule is CC.CC(=O)c1cccc(NC2CCNCC2)c1.CCC(C)CN(Cc1ccc(OC)cc1OC)C1Cc2ccccc2C1.CO. The van der Waals surface area contributed by atoms with Crippen molar-refractivity contribution in [3.8, 4) is 11.5 Å². The fourth-order valence-electron chi connectivity index (χ4n) is 5.90. The molecule has 0 amide bonds. The molecule has 2 aliphatic rings. The van der Waals surface area contributed by atoms with Crippen molar-refractivity contribution in [1.29, 1.82) is 0 Å². The van der Waals surface area contributed by atoms with Gasteiger partial charge in [0, 0.05) is 55.2 Å². The molecule has 1 heterocycles. The third-order valence-electron chi connectivity index (χ3n) is 8.64. The Kier molecular flexibility index (Phi) is 18.1. The van der Waals surface area contributed by atoms with E-state index in [1.165, 1.54) is 23.1 Å². The molecule has 1 aliphatic heterocycles. The number of ether oxygens (including phenoxy) is 2. The maximum atomic E-state index is 11.3. The minimum absolute atomic E-state index is 0.119. The number of anilines is 1. The molecule has 1 saturated heterocycles. The largest absolute Gasteiger partial charge is 0.497 e. The Morgan fingerprint density at radius 1 is 0.957 bits per heavy atom. The van der Waals surface area contributed by atoms with Gasteiger partial charge in [-0.15, -0.1) is 0 Å². The number of hydrogen-bond donors (Lipinski definition) is 3. The molecular weight excluding hydrogens is 574 g/mol. The third-order valence-corrected chi connectivity index (χ3v) is 8.64. The molecule has 46 heavy (non-hydrogen) atoms. The first kappa shape index (κ1) is 38.8. The molecule has 1 atom stereocenters. The highest BCUT2D eigenvalue weighted by Crippen LogP contribution is 2.31. The average Bonchev–Trinajstić information content (AvgIpc) is 3.55. The van der Waals surface area contributed by atoms with Crippen LogP contribution in [0.1, 0.15) is 80.9 Å². The van der Waals surface area contributed by atoms with Gasteiger partial charge in [-0.05, 0) is 80.9 Å². The first-order valence-corrected chi connectivity index (χ1v) is 16.9. The van der Waals surface area contributed by atoms with Gasteiger partial charge in [-0.1, -0.05) is 76.6 Å². The van der Waals surface area contributed by atoms with Gasteiger partial charge in [-0.3, -0.25) is 9.69 Å². The van der Waals surface area contributed by atoms with Crippen molar-refractivity contribution in [3.63, 3.8) is 0 Å². The molecule has 5 rings (SSSR count). The number of carbonyl (C=O) groups excluding carboxylic acids is 1. The van der Waals surface area contributed by atoms with Crippen LogP contribution in [0.4, 0.5) is 5.69 Å². The van der Waals surface area contributed by atoms with Gasteiger partial charge in [-0.2, -0.15) is 0 Å². The number of piperidine rings is 1. The summed E-state index contributed by atoms with van der Waals surface area (Å²) < 4.78 is 11.0. The van der Waals surface area contributed by atoms with Crippen molar-refractivity contribution in [2.45, 2.75) is 85.4 Å². The molecule has 1 fully saturated rings. The minimum Gasteiger partial charge on any atom is -0.497 e. The average molecular weight is 634 g/mol. The highest BCUT2D eigenvalue weighted by atomic mass is 16.5. The van der Waals surface area contributed by atoms with E-state index in [0.717, 1.165) is 81.7 Å². The van der Waals surface area contributed by atoms with Gasteiger partial charge in [-0.25, -0.2) is 0 Å². The summed E-state index contributed by atoms with van der Waals surface area (Å²) in [6, 6.07) is 23.9. The number of Topliss-reactive ketones (excluding diaryl/α,β-unsaturated/α-hetero) is 1. The predicted octanol–water partition coefficient (Wildman–Crippen LogP) is 7.41. The first-order chi connectivity index (χ1) is 22.4. The van der Waals surface area contributed by atoms with Crippen molar-refractivity contribution in [3.05, 3.63) is 89.0 Å². The number of nitrogens with one attached hydrogen (secondary N) is 2. The van der Waals surface area contributed by atoms with E-state index in [1.54, 1.807) is 21.1 Å². The second kappa shape index (κ2) is 21.4. The summed E-state index contributed by atoms with van der Waals surface area (Å²) in [4.78, 5) is 13.9. The van der Waals surface area contributed by atoms with Crippen LogP contribution in [0.5, 0.6) is 11.5 Å². The quantitative estimate of drug-likeness (QED) is 0.190. The zero-order chi connectivity index (χ0) is 33.9. The first-order valence-electron chi connectivity index (χ1n) is 16.9. The maximum Gasteiger partial charge on any atom is 0.159 e. The number of methoxy groups -OCH3 is 2. The molecule has 7 heteroatoms. The smallest absolute Gasteiger partial charge is 0.159 e. The van der Waals surface area contributed by atoms with Crippen LogP contribution in [0, 0.1) is 5.92 Å². The van der Waals surface area contributed by atoms with E-state index in [9.17, 15) is 4.79 Å². The molecule has 0 radical (unpaired) electrons. The van der Waals surface area contributed by atoms with E-state index in [0.29, 0.717) is 18.0 Å². The number of rotatable bonds is 11. The molecule has 3 N–H and O–H groups in total. The highest BCUT2D eigenvalue weighted by Gasteiger charge is 2.28. The van der Waals surface area contributed by atoms with Gasteiger partial charge in [0.1, 0.15) is 11.5 Å². The second-order valence-corrected chi connectivity index (χ2v) is 11.8. The second-order valence-electron chi connectivity index (χ2n) is 11.8. The van der Waals surface area contributed by atoms with Gasteiger partial charge in [0.2, 0.25) is 0 Å². The molecule has 1 unspecified atom stereocenters. The molecule has 0 saturated carbocycles. The van der Waals surface area contributed by atoms with E-state index in [-0.39, 0.29) is 5.78 Å². The van der Waals surface area contributed by atoms with Crippen LogP contribution in [-0.2, 0) is 19.4 Å². The van der Waals surface area contributed by atoms with Crippen LogP contribution in [0.15, 0.2) is 66.7 Å². The summed E-state index contributed by atoms with van der Waals surface area (Å²) in [5.74, 6) is 2.55. The summed E-state index contributed by atoms with van der Waals surface area (Å²) in [7, 11) is 4.43. The van der Waals surface area contributed by atoms with Crippen LogP contribution in [-0.4, -0.2) is 68.8 Å². The molecule has 3 aromatic rings. The fraction of sp³-hybridized carbons (Fsp3) is 0.513. The minimum atomic E-state index is 0.119. The lowest BCUT2D eigenvalue weighted by Crippen LogP contribution is -2.38. The van der Waals surface area contributed by atoms with Crippen LogP contribution in [0.3, 0.4) is 0 Å². The van der Waals surface area contributed by atoms with Gasteiger partial charge in [0.15, 0.2) is 5.78 Å². The summed E-state index contributed by atoms with van der Waals surface area (Å²) in [5, 5.41) is 13.8. The number of nitrogens with zero attached hydrogens (tertiary/aromatic N) is 1. The standard InChI is InChI=1S/C23H31NO2.C13H18N2O.C2H6.CH4O/c1-5-17(2)15-24(21-12-18-8-6-7-9-19(18)13-21)16-20-10-11-22(25-3)14-23(20)26-4;1-10(16)11-3-2-4-13(9-11)15-12-5-7-14-8-6-12;2*1-2/h6-11,14,17,21H,5,12-13,15-16H2,1-4H3;2-4,9,12,14-15H,5-8H2,1H3;1-2H3;2H,1H3. The number of fused-ring (bicyclic) bond motifs is 1. The highest BCUT2D eigenvalue weighted by molar-refractivity contribution is 5.94. The van der Waals surface area contributed by atoms with Gasteiger partial charge >= 0.3 is 0 Å². The summed E-state index contributed by atoms with van der Waals surface area (Å²) in [6.07, 6.45) is 5.78. The Morgan fingerprint density at radius 3 is 2.17 bits per heavy atom. The van der Waals surface area contributed by atoms with E-state index < -0.39 is 0 Å². The number of aliphatic hydroxyl groups is 1. The fourth-order valence-corrected chi connectivity index (χ4v) is 5.90. The summed E-state index contributed by atoms with van der Waals surface area (Å²) in [5.41, 5.74) is 6.08. The Bertz CT molecular complexity index is 1270. The third kappa shape index (κ3) is 12.1. The molecule has 7 nitrogen and oxygen atoms in total. The van der Waals surface area contributed by atoms with Gasteiger partial charge < -0.3 is 25.2 Å². The lowest BCUT2D eigenvalue weighted by atomic mass is 10.0. The van der Waals surface area contributed by atoms with Crippen LogP contribution in [0.2, 0.25) is 0 Å². The number of hydrogen-bond acceptors (Lipinski definition) is 7. The summed E-state index contributed by atoms with van der Waals surface area (Å²) >= 11 is 0. The van der Waals surface area contributed by atoms with Gasteiger partial charge in [0.05, 0.1) is 14.2 Å². The lowest BCUT2D eigenvalue weighted by molar-refractivity contribution is 0.101. The zero-order valence-electron chi connectivity index (χ0n) is 29.6. The van der Waals surface area contributed by atoms with Gasteiger partial charge in [0.25, 0.3) is 0 Å². The molecule has 0 bridgehead atoms. The number of benzene rings is 3. The van der Waals surface area contributed by atoms with Crippen molar-refractivity contribution >= 4 is 11.5 Å².